The second-order valence-electron chi connectivity index (χ2n) is 8.75. The zero-order valence-corrected chi connectivity index (χ0v) is 20.2. The molecule has 32 heavy (non-hydrogen) atoms. The number of hydrogen-bond donors (Lipinski definition) is 0. The van der Waals surface area contributed by atoms with E-state index in [-0.39, 0.29) is 0 Å². The Morgan fingerprint density at radius 1 is 1.12 bits per heavy atom. The summed E-state index contributed by atoms with van der Waals surface area (Å²) in [5.74, 6) is 2.75. The Hall–Kier alpha value is -2.16. The summed E-state index contributed by atoms with van der Waals surface area (Å²) in [7, 11) is 2.11. The van der Waals surface area contributed by atoms with E-state index >= 15 is 0 Å². The highest BCUT2D eigenvalue weighted by molar-refractivity contribution is 7.71. The maximum absolute atomic E-state index is 5.96. The molecule has 0 atom stereocenters. The van der Waals surface area contributed by atoms with Gasteiger partial charge in [-0.25, -0.2) is 4.68 Å². The highest BCUT2D eigenvalue weighted by Gasteiger charge is 2.22. The van der Waals surface area contributed by atoms with Crippen molar-refractivity contribution in [1.82, 2.24) is 19.2 Å². The summed E-state index contributed by atoms with van der Waals surface area (Å²) in [5, 5.41) is 7.14. The van der Waals surface area contributed by atoms with E-state index in [0.29, 0.717) is 25.9 Å². The standard InChI is InChI=1S/C24H30N4O2S2/c1-26(16-18-9-10-21-22(14-18)30-12-11-29-21)17-27-24(31)28(19-6-3-2-4-7-19)23(25-27)15-20-8-5-13-32-20/h5,8-10,13-14,19H,2-4,6-7,11-12,15-17H2,1H3. The Bertz CT molecular complexity index is 1100. The van der Waals surface area contributed by atoms with E-state index in [0.717, 1.165) is 35.1 Å². The van der Waals surface area contributed by atoms with Crippen LogP contribution in [-0.4, -0.2) is 39.5 Å². The molecule has 8 heteroatoms. The highest BCUT2D eigenvalue weighted by atomic mass is 32.1. The fourth-order valence-electron chi connectivity index (χ4n) is 4.73. The third-order valence-electron chi connectivity index (χ3n) is 6.23. The van der Waals surface area contributed by atoms with Crippen LogP contribution in [0, 0.1) is 4.77 Å². The van der Waals surface area contributed by atoms with Crippen LogP contribution >= 0.6 is 23.6 Å². The van der Waals surface area contributed by atoms with Gasteiger partial charge >= 0.3 is 0 Å². The fourth-order valence-corrected chi connectivity index (χ4v) is 5.78. The van der Waals surface area contributed by atoms with Gasteiger partial charge in [-0.15, -0.1) is 11.3 Å². The molecule has 0 amide bonds. The maximum Gasteiger partial charge on any atom is 0.199 e. The Morgan fingerprint density at radius 3 is 2.72 bits per heavy atom. The highest BCUT2D eigenvalue weighted by Crippen LogP contribution is 2.32. The number of rotatable bonds is 7. The normalized spacial score (nSPS) is 16.6. The molecule has 1 aliphatic carbocycles. The van der Waals surface area contributed by atoms with Gasteiger partial charge in [0.15, 0.2) is 16.3 Å². The van der Waals surface area contributed by atoms with Crippen LogP contribution < -0.4 is 9.47 Å². The Labute approximate surface area is 198 Å². The minimum Gasteiger partial charge on any atom is -0.486 e. The average molecular weight is 471 g/mol. The molecule has 0 N–H and O–H groups in total. The van der Waals surface area contributed by atoms with Gasteiger partial charge in [0, 0.05) is 23.9 Å². The van der Waals surface area contributed by atoms with Gasteiger partial charge in [0.2, 0.25) is 0 Å². The van der Waals surface area contributed by atoms with Gasteiger partial charge in [0.05, 0.1) is 6.67 Å². The monoisotopic (exact) mass is 470 g/mol. The second kappa shape index (κ2) is 9.77. The minimum absolute atomic E-state index is 0.475. The summed E-state index contributed by atoms with van der Waals surface area (Å²) < 4.78 is 16.6. The molecule has 0 spiro atoms. The van der Waals surface area contributed by atoms with Crippen molar-refractivity contribution >= 4 is 23.6 Å². The first-order valence-corrected chi connectivity index (χ1v) is 12.7. The van der Waals surface area contributed by atoms with E-state index in [1.165, 1.54) is 42.5 Å². The van der Waals surface area contributed by atoms with Gasteiger partial charge in [0.1, 0.15) is 19.0 Å². The van der Waals surface area contributed by atoms with E-state index in [4.69, 9.17) is 26.8 Å². The average Bonchev–Trinajstić information content (AvgIpc) is 3.42. The lowest BCUT2D eigenvalue weighted by molar-refractivity contribution is 0.171. The lowest BCUT2D eigenvalue weighted by atomic mass is 9.95. The molecule has 3 aromatic rings. The van der Waals surface area contributed by atoms with Gasteiger partial charge in [-0.2, -0.15) is 5.10 Å². The van der Waals surface area contributed by atoms with Gasteiger partial charge in [-0.05, 0) is 61.2 Å². The predicted molar refractivity (Wildman–Crippen MR) is 129 cm³/mol. The Kier molecular flexibility index (Phi) is 6.62. The smallest absolute Gasteiger partial charge is 0.199 e. The molecule has 0 saturated heterocycles. The molecule has 1 aliphatic heterocycles. The molecule has 0 unspecified atom stereocenters. The number of fused-ring (bicyclic) bond motifs is 1. The van der Waals surface area contributed by atoms with E-state index < -0.39 is 0 Å². The van der Waals surface area contributed by atoms with Gasteiger partial charge < -0.3 is 14.0 Å². The van der Waals surface area contributed by atoms with Crippen LogP contribution in [-0.2, 0) is 19.6 Å². The van der Waals surface area contributed by atoms with Crippen LogP contribution in [0.3, 0.4) is 0 Å². The van der Waals surface area contributed by atoms with Crippen LogP contribution in [0.15, 0.2) is 35.7 Å². The van der Waals surface area contributed by atoms with E-state index in [1.807, 2.05) is 10.7 Å². The summed E-state index contributed by atoms with van der Waals surface area (Å²) in [4.78, 5) is 3.58. The van der Waals surface area contributed by atoms with Crippen molar-refractivity contribution in [3.8, 4) is 11.5 Å². The molecule has 1 aromatic carbocycles. The molecule has 170 valence electrons. The van der Waals surface area contributed by atoms with Gasteiger partial charge in [-0.1, -0.05) is 31.4 Å². The van der Waals surface area contributed by atoms with Crippen molar-refractivity contribution in [1.29, 1.82) is 0 Å². The summed E-state index contributed by atoms with van der Waals surface area (Å²) >= 11 is 7.74. The van der Waals surface area contributed by atoms with Gasteiger partial charge in [-0.3, -0.25) is 4.90 Å². The molecular weight excluding hydrogens is 440 g/mol. The number of aromatic nitrogens is 3. The van der Waals surface area contributed by atoms with Crippen LogP contribution in [0.2, 0.25) is 0 Å². The number of ether oxygens (including phenoxy) is 2. The number of benzene rings is 1. The number of nitrogens with zero attached hydrogens (tertiary/aromatic N) is 4. The second-order valence-corrected chi connectivity index (χ2v) is 10.1. The van der Waals surface area contributed by atoms with Crippen molar-refractivity contribution in [2.45, 2.75) is 57.8 Å². The third-order valence-corrected chi connectivity index (χ3v) is 7.51. The topological polar surface area (TPSA) is 44.5 Å². The van der Waals surface area contributed by atoms with E-state index in [2.05, 4.69) is 46.2 Å². The summed E-state index contributed by atoms with van der Waals surface area (Å²) in [6.07, 6.45) is 7.13. The molecule has 2 aromatic heterocycles. The van der Waals surface area contributed by atoms with E-state index in [1.54, 1.807) is 11.3 Å². The predicted octanol–water partition coefficient (Wildman–Crippen LogP) is 5.43. The fraction of sp³-hybridized carbons (Fsp3) is 0.500. The quantitative estimate of drug-likeness (QED) is 0.431. The summed E-state index contributed by atoms with van der Waals surface area (Å²) in [5.41, 5.74) is 1.19. The zero-order chi connectivity index (χ0) is 21.9. The van der Waals surface area contributed by atoms with Crippen LogP contribution in [0.4, 0.5) is 0 Å². The Morgan fingerprint density at radius 2 is 1.94 bits per heavy atom. The van der Waals surface area contributed by atoms with Crippen LogP contribution in [0.25, 0.3) is 0 Å². The van der Waals surface area contributed by atoms with Crippen molar-refractivity contribution in [2.24, 2.45) is 0 Å². The molecular formula is C24H30N4O2S2. The van der Waals surface area contributed by atoms with Crippen molar-refractivity contribution < 1.29 is 9.47 Å². The molecule has 0 bridgehead atoms. The van der Waals surface area contributed by atoms with Crippen molar-refractivity contribution in [3.63, 3.8) is 0 Å². The molecule has 0 radical (unpaired) electrons. The minimum atomic E-state index is 0.475. The number of thiophene rings is 1. The first kappa shape index (κ1) is 21.7. The Balaban J connectivity index is 1.35. The maximum atomic E-state index is 5.96. The van der Waals surface area contributed by atoms with Crippen molar-refractivity contribution in [3.05, 3.63) is 56.7 Å². The zero-order valence-electron chi connectivity index (χ0n) is 18.5. The molecule has 1 saturated carbocycles. The van der Waals surface area contributed by atoms with Gasteiger partial charge in [0.25, 0.3) is 0 Å². The largest absolute Gasteiger partial charge is 0.486 e. The molecule has 5 rings (SSSR count). The van der Waals surface area contributed by atoms with Crippen LogP contribution in [0.5, 0.6) is 11.5 Å². The number of hydrogen-bond acceptors (Lipinski definition) is 6. The van der Waals surface area contributed by atoms with Crippen molar-refractivity contribution in [2.75, 3.05) is 20.3 Å². The van der Waals surface area contributed by atoms with Crippen LogP contribution in [0.1, 0.15) is 54.4 Å². The lowest BCUT2D eigenvalue weighted by Gasteiger charge is -2.24. The third kappa shape index (κ3) is 4.77. The summed E-state index contributed by atoms with van der Waals surface area (Å²) in [6.45, 7) is 2.66. The first-order valence-electron chi connectivity index (χ1n) is 11.4. The lowest BCUT2D eigenvalue weighted by Crippen LogP contribution is -2.23. The molecule has 6 nitrogen and oxygen atoms in total. The summed E-state index contributed by atoms with van der Waals surface area (Å²) in [6, 6.07) is 11.0. The van der Waals surface area contributed by atoms with E-state index in [9.17, 15) is 0 Å². The molecule has 1 fully saturated rings. The molecule has 3 heterocycles. The first-order chi connectivity index (χ1) is 15.7. The SMILES string of the molecule is CN(Cc1ccc2c(c1)OCCO2)Cn1nc(Cc2cccs2)n(C2CCCCC2)c1=S. The molecule has 2 aliphatic rings.